The molecule has 0 atom stereocenters. The van der Waals surface area contributed by atoms with E-state index in [9.17, 15) is 4.79 Å². The zero-order valence-electron chi connectivity index (χ0n) is 16.3. The smallest absolute Gasteiger partial charge is 0.317 e. The van der Waals surface area contributed by atoms with Crippen LogP contribution in [0.4, 0.5) is 10.5 Å². The quantitative estimate of drug-likeness (QED) is 0.743. The molecule has 1 aliphatic heterocycles. The van der Waals surface area contributed by atoms with Gasteiger partial charge in [-0.2, -0.15) is 0 Å². The number of anilines is 1. The summed E-state index contributed by atoms with van der Waals surface area (Å²) in [7, 11) is 1.63. The zero-order valence-corrected chi connectivity index (χ0v) is 16.3. The molecule has 0 radical (unpaired) electrons. The van der Waals surface area contributed by atoms with Gasteiger partial charge in [-0.1, -0.05) is 24.3 Å². The van der Waals surface area contributed by atoms with E-state index in [4.69, 9.17) is 9.47 Å². The Kier molecular flexibility index (Phi) is 7.49. The number of hydrogen-bond acceptors (Lipinski definition) is 5. The second-order valence-corrected chi connectivity index (χ2v) is 6.67. The summed E-state index contributed by atoms with van der Waals surface area (Å²) in [5.41, 5.74) is 2.15. The van der Waals surface area contributed by atoms with Gasteiger partial charge in [-0.25, -0.2) is 9.78 Å². The molecule has 1 aromatic heterocycles. The highest BCUT2D eigenvalue weighted by Crippen LogP contribution is 2.16. The Hall–Kier alpha value is -2.80. The molecule has 0 aliphatic carbocycles. The summed E-state index contributed by atoms with van der Waals surface area (Å²) < 4.78 is 10.4. The lowest BCUT2D eigenvalue weighted by atomic mass is 10.3. The van der Waals surface area contributed by atoms with Crippen LogP contribution in [-0.2, 0) is 11.3 Å². The maximum absolute atomic E-state index is 12.5. The number of benzene rings is 1. The highest BCUT2D eigenvalue weighted by molar-refractivity contribution is 5.74. The maximum atomic E-state index is 12.5. The molecule has 3 rings (SSSR count). The van der Waals surface area contributed by atoms with E-state index < -0.39 is 0 Å². The first kappa shape index (κ1) is 19.9. The summed E-state index contributed by atoms with van der Waals surface area (Å²) in [6.45, 7) is 4.72. The van der Waals surface area contributed by atoms with Crippen molar-refractivity contribution in [3.63, 3.8) is 0 Å². The maximum Gasteiger partial charge on any atom is 0.317 e. The number of aromatic nitrogens is 1. The Labute approximate surface area is 166 Å². The van der Waals surface area contributed by atoms with Crippen LogP contribution >= 0.6 is 0 Å². The molecule has 28 heavy (non-hydrogen) atoms. The van der Waals surface area contributed by atoms with Crippen LogP contribution in [0.25, 0.3) is 0 Å². The number of hydrogen-bond donors (Lipinski definition) is 1. The molecule has 0 unspecified atom stereocenters. The fourth-order valence-electron chi connectivity index (χ4n) is 3.14. The molecule has 2 aromatic rings. The molecule has 0 bridgehead atoms. The number of nitrogens with one attached hydrogen (secondary N) is 1. The number of carbonyl (C=O) groups excluding carboxylic acids is 1. The van der Waals surface area contributed by atoms with Gasteiger partial charge in [0, 0.05) is 57.8 Å². The fraction of sp³-hybridized carbons (Fsp3) is 0.429. The van der Waals surface area contributed by atoms with Crippen LogP contribution in [0.3, 0.4) is 0 Å². The van der Waals surface area contributed by atoms with E-state index in [-0.39, 0.29) is 6.03 Å². The third-order valence-corrected chi connectivity index (χ3v) is 4.68. The Morgan fingerprint density at radius 1 is 1.07 bits per heavy atom. The van der Waals surface area contributed by atoms with Crippen molar-refractivity contribution in [1.29, 1.82) is 0 Å². The van der Waals surface area contributed by atoms with Crippen molar-refractivity contribution in [1.82, 2.24) is 15.2 Å². The number of urea groups is 1. The third kappa shape index (κ3) is 5.85. The standard InChI is InChI=1S/C21H28N4O3/c1-27-14-15-28-20-9-8-18(16-22-20)17-23-21(26)25-11-5-10-24(12-13-25)19-6-3-2-4-7-19/h2-4,6-9,16H,5,10-15,17H2,1H3,(H,23,26). The van der Waals surface area contributed by atoms with Crippen molar-refractivity contribution in [3.8, 4) is 5.88 Å². The number of ether oxygens (including phenoxy) is 2. The molecule has 2 heterocycles. The highest BCUT2D eigenvalue weighted by Gasteiger charge is 2.19. The van der Waals surface area contributed by atoms with Crippen LogP contribution in [-0.4, -0.2) is 62.4 Å². The van der Waals surface area contributed by atoms with Gasteiger partial charge >= 0.3 is 6.03 Å². The Balaban J connectivity index is 1.44. The minimum atomic E-state index is -0.0321. The molecular weight excluding hydrogens is 356 g/mol. The van der Waals surface area contributed by atoms with E-state index in [2.05, 4.69) is 27.3 Å². The van der Waals surface area contributed by atoms with Crippen molar-refractivity contribution < 1.29 is 14.3 Å². The van der Waals surface area contributed by atoms with Crippen LogP contribution in [0.2, 0.25) is 0 Å². The Morgan fingerprint density at radius 2 is 1.93 bits per heavy atom. The van der Waals surface area contributed by atoms with E-state index in [1.54, 1.807) is 19.4 Å². The highest BCUT2D eigenvalue weighted by atomic mass is 16.5. The normalized spacial score (nSPS) is 14.5. The average molecular weight is 384 g/mol. The second kappa shape index (κ2) is 10.5. The molecule has 1 fully saturated rings. The first-order valence-corrected chi connectivity index (χ1v) is 9.65. The first-order valence-electron chi connectivity index (χ1n) is 9.65. The van der Waals surface area contributed by atoms with Crippen molar-refractivity contribution in [3.05, 3.63) is 54.2 Å². The van der Waals surface area contributed by atoms with E-state index >= 15 is 0 Å². The minimum Gasteiger partial charge on any atom is -0.475 e. The summed E-state index contributed by atoms with van der Waals surface area (Å²) in [6.07, 6.45) is 2.68. The van der Waals surface area contributed by atoms with Crippen molar-refractivity contribution >= 4 is 11.7 Å². The Bertz CT molecular complexity index is 724. The van der Waals surface area contributed by atoms with Crippen LogP contribution < -0.4 is 15.0 Å². The fourth-order valence-corrected chi connectivity index (χ4v) is 3.14. The van der Waals surface area contributed by atoms with Crippen LogP contribution in [0.1, 0.15) is 12.0 Å². The largest absolute Gasteiger partial charge is 0.475 e. The Morgan fingerprint density at radius 3 is 2.68 bits per heavy atom. The molecule has 150 valence electrons. The summed E-state index contributed by atoms with van der Waals surface area (Å²) in [6, 6.07) is 14.0. The van der Waals surface area contributed by atoms with Gasteiger partial charge in [-0.3, -0.25) is 0 Å². The zero-order chi connectivity index (χ0) is 19.6. The van der Waals surface area contributed by atoms with Gasteiger partial charge < -0.3 is 24.6 Å². The summed E-state index contributed by atoms with van der Waals surface area (Å²) in [5.74, 6) is 0.556. The van der Waals surface area contributed by atoms with Gasteiger partial charge in [-0.05, 0) is 24.1 Å². The van der Waals surface area contributed by atoms with E-state index in [0.29, 0.717) is 32.2 Å². The first-order chi connectivity index (χ1) is 13.8. The van der Waals surface area contributed by atoms with Gasteiger partial charge in [-0.15, -0.1) is 0 Å². The van der Waals surface area contributed by atoms with E-state index in [1.807, 2.05) is 29.2 Å². The third-order valence-electron chi connectivity index (χ3n) is 4.68. The second-order valence-electron chi connectivity index (χ2n) is 6.67. The van der Waals surface area contributed by atoms with E-state index in [1.165, 1.54) is 5.69 Å². The summed E-state index contributed by atoms with van der Waals surface area (Å²) >= 11 is 0. The number of nitrogens with zero attached hydrogens (tertiary/aromatic N) is 3. The van der Waals surface area contributed by atoms with Crippen molar-refractivity contribution in [2.24, 2.45) is 0 Å². The lowest BCUT2D eigenvalue weighted by molar-refractivity contribution is 0.143. The molecule has 0 spiro atoms. The molecule has 7 heteroatoms. The summed E-state index contributed by atoms with van der Waals surface area (Å²) in [4.78, 5) is 21.0. The number of methoxy groups -OCH3 is 1. The predicted molar refractivity (Wildman–Crippen MR) is 109 cm³/mol. The predicted octanol–water partition coefficient (Wildman–Crippen LogP) is 2.53. The van der Waals surface area contributed by atoms with Gasteiger partial charge in [0.2, 0.25) is 5.88 Å². The molecule has 0 saturated carbocycles. The van der Waals surface area contributed by atoms with Gasteiger partial charge in [0.1, 0.15) is 6.61 Å². The SMILES string of the molecule is COCCOc1ccc(CNC(=O)N2CCCN(c3ccccc3)CC2)cn1. The average Bonchev–Trinajstić information content (AvgIpc) is 3.00. The summed E-state index contributed by atoms with van der Waals surface area (Å²) in [5, 5.41) is 2.99. The van der Waals surface area contributed by atoms with Crippen molar-refractivity contribution in [2.75, 3.05) is 51.4 Å². The monoisotopic (exact) mass is 384 g/mol. The molecule has 7 nitrogen and oxygen atoms in total. The minimum absolute atomic E-state index is 0.0321. The molecule has 2 amide bonds. The number of carbonyl (C=O) groups is 1. The molecule has 1 aliphatic rings. The molecule has 1 aromatic carbocycles. The van der Waals surface area contributed by atoms with Gasteiger partial charge in [0.15, 0.2) is 0 Å². The molecular formula is C21H28N4O3. The van der Waals surface area contributed by atoms with E-state index in [0.717, 1.165) is 31.6 Å². The van der Waals surface area contributed by atoms with Gasteiger partial charge in [0.05, 0.1) is 6.61 Å². The number of rotatable bonds is 7. The van der Waals surface area contributed by atoms with Crippen molar-refractivity contribution in [2.45, 2.75) is 13.0 Å². The van der Waals surface area contributed by atoms with Crippen LogP contribution in [0.5, 0.6) is 5.88 Å². The molecule has 1 N–H and O–H groups in total. The lowest BCUT2D eigenvalue weighted by Crippen LogP contribution is -2.41. The topological polar surface area (TPSA) is 66.9 Å². The van der Waals surface area contributed by atoms with Gasteiger partial charge in [0.25, 0.3) is 0 Å². The number of pyridine rings is 1. The van der Waals surface area contributed by atoms with Crippen LogP contribution in [0, 0.1) is 0 Å². The number of para-hydroxylation sites is 1. The lowest BCUT2D eigenvalue weighted by Gasteiger charge is -2.23. The number of amides is 2. The van der Waals surface area contributed by atoms with Crippen LogP contribution in [0.15, 0.2) is 48.7 Å². The molecule has 1 saturated heterocycles.